The van der Waals surface area contributed by atoms with Crippen LogP contribution in [0.4, 0.5) is 5.69 Å². The fourth-order valence-corrected chi connectivity index (χ4v) is 2.28. The average Bonchev–Trinajstić information content (AvgIpc) is 2.35. The van der Waals surface area contributed by atoms with Gasteiger partial charge in [0.1, 0.15) is 17.0 Å². The van der Waals surface area contributed by atoms with Gasteiger partial charge >= 0.3 is 0 Å². The van der Waals surface area contributed by atoms with E-state index >= 15 is 0 Å². The van der Waals surface area contributed by atoms with Gasteiger partial charge in [0.15, 0.2) is 0 Å². The van der Waals surface area contributed by atoms with Crippen molar-refractivity contribution in [1.29, 1.82) is 0 Å². The molecular weight excluding hydrogens is 302 g/mol. The average molecular weight is 312 g/mol. The number of hydrogen-bond donors (Lipinski definition) is 1. The number of benzene rings is 1. The van der Waals surface area contributed by atoms with E-state index in [-0.39, 0.29) is 0 Å². The summed E-state index contributed by atoms with van der Waals surface area (Å²) in [6, 6.07) is 7.92. The van der Waals surface area contributed by atoms with Crippen molar-refractivity contribution in [3.63, 3.8) is 0 Å². The van der Waals surface area contributed by atoms with Crippen molar-refractivity contribution in [2.24, 2.45) is 0 Å². The third kappa shape index (κ3) is 2.89. The van der Waals surface area contributed by atoms with E-state index in [1.807, 2.05) is 24.3 Å². The van der Waals surface area contributed by atoms with Gasteiger partial charge in [0.2, 0.25) is 5.88 Å². The number of anilines is 1. The van der Waals surface area contributed by atoms with Gasteiger partial charge in [-0.1, -0.05) is 27.7 Å². The van der Waals surface area contributed by atoms with E-state index in [0.29, 0.717) is 16.6 Å². The topological polar surface area (TPSA) is 61.0 Å². The number of ether oxygens (including phenoxy) is 1. The molecular formula is C11H10BrN3OS. The molecule has 4 nitrogen and oxygen atoms in total. The van der Waals surface area contributed by atoms with E-state index in [1.165, 1.54) is 25.2 Å². The van der Waals surface area contributed by atoms with Gasteiger partial charge in [0, 0.05) is 9.37 Å². The first kappa shape index (κ1) is 12.2. The minimum Gasteiger partial charge on any atom is -0.479 e. The van der Waals surface area contributed by atoms with E-state index in [4.69, 9.17) is 10.5 Å². The zero-order chi connectivity index (χ0) is 12.3. The highest BCUT2D eigenvalue weighted by Gasteiger charge is 2.09. The van der Waals surface area contributed by atoms with Gasteiger partial charge in [-0.2, -0.15) is 4.98 Å². The molecule has 0 radical (unpaired) electrons. The van der Waals surface area contributed by atoms with Crippen LogP contribution in [0.2, 0.25) is 0 Å². The van der Waals surface area contributed by atoms with Crippen LogP contribution >= 0.6 is 27.7 Å². The predicted octanol–water partition coefficient (Wildman–Crippen LogP) is 2.98. The van der Waals surface area contributed by atoms with Gasteiger partial charge < -0.3 is 10.5 Å². The van der Waals surface area contributed by atoms with Crippen molar-refractivity contribution in [3.8, 4) is 5.88 Å². The summed E-state index contributed by atoms with van der Waals surface area (Å²) in [7, 11) is 1.53. The lowest BCUT2D eigenvalue weighted by Crippen LogP contribution is -1.98. The maximum absolute atomic E-state index is 5.89. The Morgan fingerprint density at radius 1 is 1.24 bits per heavy atom. The Morgan fingerprint density at radius 3 is 2.59 bits per heavy atom. The van der Waals surface area contributed by atoms with Gasteiger partial charge in [-0.15, -0.1) is 0 Å². The maximum atomic E-state index is 5.89. The predicted molar refractivity (Wildman–Crippen MR) is 71.3 cm³/mol. The second-order valence-electron chi connectivity index (χ2n) is 3.16. The third-order valence-electron chi connectivity index (χ3n) is 2.03. The van der Waals surface area contributed by atoms with Gasteiger partial charge in [0.25, 0.3) is 0 Å². The van der Waals surface area contributed by atoms with Crippen LogP contribution in [0.25, 0.3) is 0 Å². The van der Waals surface area contributed by atoms with E-state index in [2.05, 4.69) is 25.9 Å². The van der Waals surface area contributed by atoms with Gasteiger partial charge in [-0.25, -0.2) is 4.98 Å². The Hall–Kier alpha value is -1.27. The molecule has 0 bridgehead atoms. The van der Waals surface area contributed by atoms with Crippen molar-refractivity contribution in [1.82, 2.24) is 9.97 Å². The van der Waals surface area contributed by atoms with Crippen LogP contribution in [0, 0.1) is 0 Å². The van der Waals surface area contributed by atoms with Crippen LogP contribution in [-0.2, 0) is 0 Å². The summed E-state index contributed by atoms with van der Waals surface area (Å²) in [5, 5.41) is 0.694. The molecule has 6 heteroatoms. The normalized spacial score (nSPS) is 10.2. The summed E-state index contributed by atoms with van der Waals surface area (Å²) in [6.07, 6.45) is 1.44. The number of rotatable bonds is 3. The molecule has 0 atom stereocenters. The van der Waals surface area contributed by atoms with Crippen molar-refractivity contribution in [2.75, 3.05) is 12.8 Å². The number of nitrogen functional groups attached to an aromatic ring is 1. The molecule has 1 aromatic carbocycles. The first-order chi connectivity index (χ1) is 8.20. The zero-order valence-electron chi connectivity index (χ0n) is 9.05. The third-order valence-corrected chi connectivity index (χ3v) is 3.59. The molecule has 2 aromatic rings. The van der Waals surface area contributed by atoms with E-state index < -0.39 is 0 Å². The quantitative estimate of drug-likeness (QED) is 0.883. The molecule has 0 aliphatic carbocycles. The summed E-state index contributed by atoms with van der Waals surface area (Å²) >= 11 is 4.86. The van der Waals surface area contributed by atoms with E-state index in [1.54, 1.807) is 0 Å². The summed E-state index contributed by atoms with van der Waals surface area (Å²) in [4.78, 5) is 9.13. The lowest BCUT2D eigenvalue weighted by molar-refractivity contribution is 0.397. The van der Waals surface area contributed by atoms with Crippen LogP contribution < -0.4 is 10.5 Å². The Balaban J connectivity index is 2.27. The van der Waals surface area contributed by atoms with Gasteiger partial charge in [-0.3, -0.25) is 0 Å². The number of methoxy groups -OCH3 is 1. The first-order valence-corrected chi connectivity index (χ1v) is 6.39. The standard InChI is InChI=1S/C11H10BrN3OS/c1-16-10-9(13)11(15-6-14-10)17-8-4-2-7(12)3-5-8/h2-6H,13H2,1H3. The first-order valence-electron chi connectivity index (χ1n) is 4.78. The summed E-state index contributed by atoms with van der Waals surface area (Å²) in [6.45, 7) is 0. The molecule has 0 spiro atoms. The largest absolute Gasteiger partial charge is 0.479 e. The minimum absolute atomic E-state index is 0.402. The molecule has 0 unspecified atom stereocenters. The number of aromatic nitrogens is 2. The lowest BCUT2D eigenvalue weighted by Gasteiger charge is -2.07. The van der Waals surface area contributed by atoms with E-state index in [9.17, 15) is 0 Å². The molecule has 88 valence electrons. The number of nitrogens with zero attached hydrogens (tertiary/aromatic N) is 2. The van der Waals surface area contributed by atoms with Crippen molar-refractivity contribution < 1.29 is 4.74 Å². The van der Waals surface area contributed by atoms with Crippen LogP contribution in [0.1, 0.15) is 0 Å². The smallest absolute Gasteiger partial charge is 0.241 e. The van der Waals surface area contributed by atoms with Crippen molar-refractivity contribution >= 4 is 33.4 Å². The highest BCUT2D eigenvalue weighted by atomic mass is 79.9. The highest BCUT2D eigenvalue weighted by molar-refractivity contribution is 9.10. The molecule has 1 heterocycles. The maximum Gasteiger partial charge on any atom is 0.241 e. The minimum atomic E-state index is 0.402. The summed E-state index contributed by atoms with van der Waals surface area (Å²) < 4.78 is 6.08. The summed E-state index contributed by atoms with van der Waals surface area (Å²) in [5.74, 6) is 0.402. The van der Waals surface area contributed by atoms with Crippen LogP contribution in [-0.4, -0.2) is 17.1 Å². The van der Waals surface area contributed by atoms with Gasteiger partial charge in [0.05, 0.1) is 7.11 Å². The van der Waals surface area contributed by atoms with E-state index in [0.717, 1.165) is 9.37 Å². The summed E-state index contributed by atoms with van der Waals surface area (Å²) in [5.41, 5.74) is 6.35. The molecule has 2 rings (SSSR count). The Labute approximate surface area is 112 Å². The second-order valence-corrected chi connectivity index (χ2v) is 5.14. The van der Waals surface area contributed by atoms with Crippen LogP contribution in [0.5, 0.6) is 5.88 Å². The van der Waals surface area contributed by atoms with Gasteiger partial charge in [-0.05, 0) is 24.3 Å². The number of hydrogen-bond acceptors (Lipinski definition) is 5. The number of nitrogens with two attached hydrogens (primary N) is 1. The van der Waals surface area contributed by atoms with Crippen molar-refractivity contribution in [3.05, 3.63) is 35.1 Å². The Bertz CT molecular complexity index is 519. The molecule has 1 aromatic heterocycles. The Morgan fingerprint density at radius 2 is 1.94 bits per heavy atom. The second kappa shape index (κ2) is 5.37. The van der Waals surface area contributed by atoms with Crippen LogP contribution in [0.3, 0.4) is 0 Å². The molecule has 0 aliphatic rings. The van der Waals surface area contributed by atoms with Crippen molar-refractivity contribution in [2.45, 2.75) is 9.92 Å². The molecule has 0 amide bonds. The molecule has 0 saturated carbocycles. The zero-order valence-corrected chi connectivity index (χ0v) is 11.5. The fourth-order valence-electron chi connectivity index (χ4n) is 1.22. The molecule has 0 fully saturated rings. The van der Waals surface area contributed by atoms with Crippen LogP contribution in [0.15, 0.2) is 45.0 Å². The monoisotopic (exact) mass is 311 g/mol. The SMILES string of the molecule is COc1ncnc(Sc2ccc(Br)cc2)c1N. The molecule has 0 aliphatic heterocycles. The number of halogens is 1. The fraction of sp³-hybridized carbons (Fsp3) is 0.0909. The Kier molecular flexibility index (Phi) is 3.86. The molecule has 0 saturated heterocycles. The molecule has 2 N–H and O–H groups in total. The molecule has 17 heavy (non-hydrogen) atoms. The highest BCUT2D eigenvalue weighted by Crippen LogP contribution is 2.34. The lowest BCUT2D eigenvalue weighted by atomic mass is 10.4.